The summed E-state index contributed by atoms with van der Waals surface area (Å²) in [6.07, 6.45) is 0. The average Bonchev–Trinajstić information content (AvgIpc) is 3.95. The van der Waals surface area contributed by atoms with Gasteiger partial charge in [-0.3, -0.25) is 0 Å². The number of aryl methyl sites for hydroxylation is 1. The van der Waals surface area contributed by atoms with Crippen LogP contribution in [0.2, 0.25) is 0 Å². The topological polar surface area (TPSA) is 61.7 Å². The van der Waals surface area contributed by atoms with E-state index in [4.69, 9.17) is 19.4 Å². The molecule has 0 atom stereocenters. The van der Waals surface area contributed by atoms with Gasteiger partial charge in [0.1, 0.15) is 11.2 Å². The first-order valence-electron chi connectivity index (χ1n) is 19.5. The Kier molecular flexibility index (Phi) is 7.04. The second-order valence-electron chi connectivity index (χ2n) is 14.8. The second kappa shape index (κ2) is 12.6. The zero-order chi connectivity index (χ0) is 38.3. The van der Waals surface area contributed by atoms with Crippen molar-refractivity contribution in [1.29, 1.82) is 0 Å². The lowest BCUT2D eigenvalue weighted by Gasteiger charge is -2.15. The second-order valence-corrected chi connectivity index (χ2v) is 14.8. The number of aromatic nitrogens is 5. The van der Waals surface area contributed by atoms with Crippen molar-refractivity contribution in [3.05, 3.63) is 188 Å². The maximum atomic E-state index is 6.95. The smallest absolute Gasteiger partial charge is 0.164 e. The molecule has 0 radical (unpaired) electrons. The third-order valence-electron chi connectivity index (χ3n) is 11.5. The van der Waals surface area contributed by atoms with Crippen LogP contribution in [0.3, 0.4) is 0 Å². The Labute approximate surface area is 332 Å². The van der Waals surface area contributed by atoms with Gasteiger partial charge in [0.25, 0.3) is 0 Å². The summed E-state index contributed by atoms with van der Waals surface area (Å²) in [4.78, 5) is 15.1. The fourth-order valence-electron chi connectivity index (χ4n) is 8.96. The molecule has 0 spiro atoms. The first kappa shape index (κ1) is 32.4. The molecule has 0 aliphatic carbocycles. The molecule has 0 N–H and O–H groups in total. The van der Waals surface area contributed by atoms with Crippen LogP contribution < -0.4 is 0 Å². The minimum absolute atomic E-state index is 0.634. The molecule has 4 aromatic heterocycles. The minimum atomic E-state index is 0.634. The van der Waals surface area contributed by atoms with E-state index in [-0.39, 0.29) is 0 Å². The molecular formula is C52H33N5O. The molecule has 0 aliphatic heterocycles. The molecule has 6 heteroatoms. The average molecular weight is 744 g/mol. The molecule has 0 amide bonds. The normalized spacial score (nSPS) is 11.9. The zero-order valence-corrected chi connectivity index (χ0v) is 31.5. The zero-order valence-electron chi connectivity index (χ0n) is 31.5. The van der Waals surface area contributed by atoms with Crippen LogP contribution in [0, 0.1) is 6.92 Å². The predicted octanol–water partition coefficient (Wildman–Crippen LogP) is 13.3. The van der Waals surface area contributed by atoms with Crippen LogP contribution in [0.5, 0.6) is 0 Å². The van der Waals surface area contributed by atoms with Crippen molar-refractivity contribution in [3.63, 3.8) is 0 Å². The van der Waals surface area contributed by atoms with E-state index in [1.165, 1.54) is 10.8 Å². The standard InChI is InChI=1S/C52H33N5O/c1-32-31-36(29-30-37(32)52-54-50(33-17-5-2-6-18-33)53-51(55-52)34-19-7-3-8-20-34)57-42-27-15-12-24-39(42)46-48(57)47-44(45-40-25-13-16-28-43(40)58-49(45)46)38-23-11-14-26-41(38)56(47)35-21-9-4-10-22-35/h2-31H,1H3. The van der Waals surface area contributed by atoms with E-state index in [0.29, 0.717) is 17.5 Å². The molecule has 0 fully saturated rings. The number of benzene rings is 8. The van der Waals surface area contributed by atoms with Gasteiger partial charge < -0.3 is 13.6 Å². The Morgan fingerprint density at radius 1 is 0.414 bits per heavy atom. The molecule has 0 saturated carbocycles. The summed E-state index contributed by atoms with van der Waals surface area (Å²) in [6.45, 7) is 2.15. The highest BCUT2D eigenvalue weighted by molar-refractivity contribution is 6.39. The molecule has 12 rings (SSSR count). The van der Waals surface area contributed by atoms with E-state index in [0.717, 1.165) is 88.4 Å². The number of hydrogen-bond acceptors (Lipinski definition) is 4. The lowest BCUT2D eigenvalue weighted by atomic mass is 10.0. The van der Waals surface area contributed by atoms with Crippen LogP contribution in [0.25, 0.3) is 111 Å². The molecule has 0 aliphatic rings. The lowest BCUT2D eigenvalue weighted by molar-refractivity contribution is 0.673. The van der Waals surface area contributed by atoms with Gasteiger partial charge in [-0.25, -0.2) is 15.0 Å². The SMILES string of the molecule is Cc1cc(-n2c3ccccc3c3c4oc5ccccc5c4c4c5ccccc5n(-c5ccccc5)c4c32)ccc1-c1nc(-c2ccccc2)nc(-c2ccccc2)n1. The number of para-hydroxylation sites is 4. The number of fused-ring (bicyclic) bond motifs is 12. The van der Waals surface area contributed by atoms with Crippen molar-refractivity contribution in [2.45, 2.75) is 6.92 Å². The van der Waals surface area contributed by atoms with Crippen LogP contribution >= 0.6 is 0 Å². The summed E-state index contributed by atoms with van der Waals surface area (Å²) >= 11 is 0. The molecule has 272 valence electrons. The fraction of sp³-hybridized carbons (Fsp3) is 0.0192. The highest BCUT2D eigenvalue weighted by Gasteiger charge is 2.28. The van der Waals surface area contributed by atoms with Crippen LogP contribution in [0.1, 0.15) is 5.56 Å². The maximum Gasteiger partial charge on any atom is 0.164 e. The van der Waals surface area contributed by atoms with Gasteiger partial charge in [0.15, 0.2) is 17.5 Å². The Hall–Kier alpha value is -7.83. The Morgan fingerprint density at radius 3 is 1.55 bits per heavy atom. The van der Waals surface area contributed by atoms with Gasteiger partial charge in [-0.1, -0.05) is 133 Å². The Morgan fingerprint density at radius 2 is 0.914 bits per heavy atom. The van der Waals surface area contributed by atoms with Gasteiger partial charge >= 0.3 is 0 Å². The van der Waals surface area contributed by atoms with Crippen LogP contribution in [0.15, 0.2) is 186 Å². The van der Waals surface area contributed by atoms with Crippen LogP contribution in [-0.4, -0.2) is 24.1 Å². The monoisotopic (exact) mass is 743 g/mol. The number of hydrogen-bond donors (Lipinski definition) is 0. The summed E-state index contributed by atoms with van der Waals surface area (Å²) < 4.78 is 11.8. The molecule has 58 heavy (non-hydrogen) atoms. The highest BCUT2D eigenvalue weighted by atomic mass is 16.3. The van der Waals surface area contributed by atoms with Crippen molar-refractivity contribution in [3.8, 4) is 45.5 Å². The van der Waals surface area contributed by atoms with Gasteiger partial charge in [0.05, 0.1) is 27.5 Å². The molecule has 4 heterocycles. The third kappa shape index (κ3) is 4.75. The molecule has 6 nitrogen and oxygen atoms in total. The van der Waals surface area contributed by atoms with E-state index < -0.39 is 0 Å². The summed E-state index contributed by atoms with van der Waals surface area (Å²) in [5.41, 5.74) is 12.3. The van der Waals surface area contributed by atoms with Gasteiger partial charge in [-0.15, -0.1) is 0 Å². The quantitative estimate of drug-likeness (QED) is 0.176. The van der Waals surface area contributed by atoms with Crippen LogP contribution in [-0.2, 0) is 0 Å². The lowest BCUT2D eigenvalue weighted by Crippen LogP contribution is -2.02. The van der Waals surface area contributed by atoms with Gasteiger partial charge in [0.2, 0.25) is 0 Å². The largest absolute Gasteiger partial charge is 0.455 e. The predicted molar refractivity (Wildman–Crippen MR) is 237 cm³/mol. The fourth-order valence-corrected chi connectivity index (χ4v) is 8.96. The number of nitrogens with zero attached hydrogens (tertiary/aromatic N) is 5. The Balaban J connectivity index is 1.19. The molecule has 0 saturated heterocycles. The highest BCUT2D eigenvalue weighted by Crippen LogP contribution is 2.49. The molecule has 0 unspecified atom stereocenters. The van der Waals surface area contributed by atoms with Crippen molar-refractivity contribution >= 4 is 65.6 Å². The first-order valence-corrected chi connectivity index (χ1v) is 19.5. The number of furan rings is 1. The Bertz CT molecular complexity index is 3510. The van der Waals surface area contributed by atoms with Crippen molar-refractivity contribution < 1.29 is 4.42 Å². The third-order valence-corrected chi connectivity index (χ3v) is 11.5. The van der Waals surface area contributed by atoms with Gasteiger partial charge in [-0.05, 0) is 61.0 Å². The summed E-state index contributed by atoms with van der Waals surface area (Å²) in [5, 5.41) is 6.83. The van der Waals surface area contributed by atoms with Gasteiger partial charge in [0, 0.05) is 55.0 Å². The molecular weight excluding hydrogens is 711 g/mol. The molecule has 12 aromatic rings. The summed E-state index contributed by atoms with van der Waals surface area (Å²) in [7, 11) is 0. The number of rotatable bonds is 5. The van der Waals surface area contributed by atoms with E-state index >= 15 is 0 Å². The van der Waals surface area contributed by atoms with Crippen molar-refractivity contribution in [2.24, 2.45) is 0 Å². The van der Waals surface area contributed by atoms with Gasteiger partial charge in [-0.2, -0.15) is 0 Å². The van der Waals surface area contributed by atoms with Crippen molar-refractivity contribution in [1.82, 2.24) is 24.1 Å². The first-order chi connectivity index (χ1) is 28.7. The van der Waals surface area contributed by atoms with E-state index in [2.05, 4.69) is 137 Å². The van der Waals surface area contributed by atoms with Crippen molar-refractivity contribution in [2.75, 3.05) is 0 Å². The molecule has 8 aromatic carbocycles. The summed E-state index contributed by atoms with van der Waals surface area (Å²) in [5.74, 6) is 1.91. The molecule has 0 bridgehead atoms. The van der Waals surface area contributed by atoms with Crippen LogP contribution in [0.4, 0.5) is 0 Å². The summed E-state index contributed by atoms with van der Waals surface area (Å²) in [6, 6.07) is 63.5. The van der Waals surface area contributed by atoms with E-state index in [9.17, 15) is 0 Å². The van der Waals surface area contributed by atoms with E-state index in [1.54, 1.807) is 0 Å². The minimum Gasteiger partial charge on any atom is -0.455 e. The van der Waals surface area contributed by atoms with E-state index in [1.807, 2.05) is 60.7 Å². The maximum absolute atomic E-state index is 6.95.